The molecule has 2 N–H and O–H groups in total. The van der Waals surface area contributed by atoms with E-state index in [-0.39, 0.29) is 6.03 Å². The van der Waals surface area contributed by atoms with Crippen molar-refractivity contribution in [2.45, 2.75) is 38.7 Å². The maximum atomic E-state index is 11.9. The number of rotatable bonds is 6. The zero-order valence-electron chi connectivity index (χ0n) is 14.4. The van der Waals surface area contributed by atoms with Gasteiger partial charge < -0.3 is 15.4 Å². The molecule has 2 atom stereocenters. The van der Waals surface area contributed by atoms with Gasteiger partial charge in [-0.2, -0.15) is 0 Å². The highest BCUT2D eigenvalue weighted by atomic mass is 16.5. The summed E-state index contributed by atoms with van der Waals surface area (Å²) < 4.78 is 7.44. The van der Waals surface area contributed by atoms with Gasteiger partial charge in [-0.05, 0) is 53.5 Å². The predicted octanol–water partition coefficient (Wildman–Crippen LogP) is 2.38. The van der Waals surface area contributed by atoms with Crippen LogP contribution in [0.15, 0.2) is 30.6 Å². The van der Waals surface area contributed by atoms with Crippen LogP contribution in [0.3, 0.4) is 0 Å². The number of hydrogen-bond donors (Lipinski definition) is 2. The Bertz CT molecular complexity index is 658. The Morgan fingerprint density at radius 1 is 1.28 bits per heavy atom. The van der Waals surface area contributed by atoms with Crippen molar-refractivity contribution >= 4 is 11.7 Å². The predicted molar refractivity (Wildman–Crippen MR) is 93.5 cm³/mol. The summed E-state index contributed by atoms with van der Waals surface area (Å²) in [4.78, 5) is 11.9. The lowest BCUT2D eigenvalue weighted by atomic mass is 9.88. The van der Waals surface area contributed by atoms with Crippen LogP contribution in [0.5, 0.6) is 0 Å². The molecule has 0 bridgehead atoms. The Hall–Kier alpha value is -2.48. The van der Waals surface area contributed by atoms with Crippen LogP contribution < -0.4 is 10.6 Å². The van der Waals surface area contributed by atoms with E-state index < -0.39 is 0 Å². The number of amides is 2. The molecule has 0 radical (unpaired) electrons. The molecular formula is C17H24N6O2. The molecule has 25 heavy (non-hydrogen) atoms. The summed E-state index contributed by atoms with van der Waals surface area (Å²) in [5.74, 6) is 0.612. The van der Waals surface area contributed by atoms with Crippen LogP contribution in [0, 0.1) is 5.92 Å². The number of benzene rings is 1. The van der Waals surface area contributed by atoms with Gasteiger partial charge in [0, 0.05) is 12.2 Å². The molecule has 2 aromatic rings. The third kappa shape index (κ3) is 4.99. The van der Waals surface area contributed by atoms with Gasteiger partial charge >= 0.3 is 6.03 Å². The first-order valence-electron chi connectivity index (χ1n) is 8.72. The summed E-state index contributed by atoms with van der Waals surface area (Å²) in [7, 11) is 0. The molecule has 0 spiro atoms. The quantitative estimate of drug-likeness (QED) is 0.785. The van der Waals surface area contributed by atoms with Crippen molar-refractivity contribution in [3.63, 3.8) is 0 Å². The average Bonchev–Trinajstić information content (AvgIpc) is 3.15. The lowest BCUT2D eigenvalue weighted by Crippen LogP contribution is -2.34. The van der Waals surface area contributed by atoms with Gasteiger partial charge in [0.15, 0.2) is 0 Å². The fourth-order valence-corrected chi connectivity index (χ4v) is 3.06. The Morgan fingerprint density at radius 2 is 2.08 bits per heavy atom. The minimum atomic E-state index is -0.240. The van der Waals surface area contributed by atoms with Crippen LogP contribution in [0.4, 0.5) is 10.5 Å². The number of urea groups is 1. The van der Waals surface area contributed by atoms with Gasteiger partial charge in [-0.1, -0.05) is 19.8 Å². The minimum Gasteiger partial charge on any atom is -0.376 e. The fraction of sp³-hybridized carbons (Fsp3) is 0.529. The number of anilines is 1. The van der Waals surface area contributed by atoms with Gasteiger partial charge in [0.1, 0.15) is 6.33 Å². The molecule has 1 aliphatic carbocycles. The number of carbonyl (C=O) groups excluding carboxylic acids is 1. The number of carbonyl (C=O) groups is 1. The molecule has 1 saturated carbocycles. The summed E-state index contributed by atoms with van der Waals surface area (Å²) >= 11 is 0. The Morgan fingerprint density at radius 3 is 2.80 bits per heavy atom. The van der Waals surface area contributed by atoms with E-state index in [1.807, 2.05) is 12.1 Å². The highest BCUT2D eigenvalue weighted by molar-refractivity contribution is 5.89. The molecule has 1 aromatic carbocycles. The number of hydrogen-bond acceptors (Lipinski definition) is 5. The van der Waals surface area contributed by atoms with Gasteiger partial charge in [-0.3, -0.25) is 0 Å². The molecular weight excluding hydrogens is 320 g/mol. The Labute approximate surface area is 146 Å². The van der Waals surface area contributed by atoms with Gasteiger partial charge in [0.05, 0.1) is 18.4 Å². The summed E-state index contributed by atoms with van der Waals surface area (Å²) in [5, 5.41) is 16.6. The zero-order valence-corrected chi connectivity index (χ0v) is 14.4. The first-order valence-corrected chi connectivity index (χ1v) is 8.72. The summed E-state index contributed by atoms with van der Waals surface area (Å²) in [6, 6.07) is 7.03. The van der Waals surface area contributed by atoms with Crippen molar-refractivity contribution in [1.29, 1.82) is 0 Å². The van der Waals surface area contributed by atoms with Crippen molar-refractivity contribution in [3.8, 4) is 5.69 Å². The molecule has 8 heteroatoms. The second-order valence-electron chi connectivity index (χ2n) is 6.35. The van der Waals surface area contributed by atoms with Crippen molar-refractivity contribution in [3.05, 3.63) is 30.6 Å². The van der Waals surface area contributed by atoms with Gasteiger partial charge in [-0.15, -0.1) is 5.10 Å². The lowest BCUT2D eigenvalue weighted by Gasteiger charge is -2.28. The molecule has 134 valence electrons. The molecule has 1 aliphatic rings. The Kier molecular flexibility index (Phi) is 5.95. The fourth-order valence-electron chi connectivity index (χ4n) is 3.06. The third-order valence-electron chi connectivity index (χ3n) is 4.49. The molecule has 1 heterocycles. The van der Waals surface area contributed by atoms with Gasteiger partial charge in [0.25, 0.3) is 0 Å². The van der Waals surface area contributed by atoms with E-state index in [4.69, 9.17) is 4.74 Å². The smallest absolute Gasteiger partial charge is 0.319 e. The normalized spacial score (nSPS) is 20.2. The largest absolute Gasteiger partial charge is 0.376 e. The van der Waals surface area contributed by atoms with E-state index in [0.29, 0.717) is 30.9 Å². The second-order valence-corrected chi connectivity index (χ2v) is 6.35. The van der Waals surface area contributed by atoms with Crippen molar-refractivity contribution in [1.82, 2.24) is 25.5 Å². The number of tetrazole rings is 1. The molecule has 0 aliphatic heterocycles. The molecule has 1 aromatic heterocycles. The van der Waals surface area contributed by atoms with E-state index in [0.717, 1.165) is 12.1 Å². The van der Waals surface area contributed by atoms with Crippen LogP contribution in [0.25, 0.3) is 5.69 Å². The van der Waals surface area contributed by atoms with E-state index in [2.05, 4.69) is 33.1 Å². The van der Waals surface area contributed by atoms with E-state index in [1.54, 1.807) is 16.8 Å². The monoisotopic (exact) mass is 344 g/mol. The zero-order chi connectivity index (χ0) is 17.5. The Balaban J connectivity index is 1.37. The molecule has 3 rings (SSSR count). The van der Waals surface area contributed by atoms with Gasteiger partial charge in [0.2, 0.25) is 0 Å². The summed E-state index contributed by atoms with van der Waals surface area (Å²) in [6.07, 6.45) is 6.75. The van der Waals surface area contributed by atoms with Crippen molar-refractivity contribution in [2.24, 2.45) is 5.92 Å². The van der Waals surface area contributed by atoms with E-state index >= 15 is 0 Å². The average molecular weight is 344 g/mol. The third-order valence-corrected chi connectivity index (χ3v) is 4.49. The second kappa shape index (κ2) is 8.57. The maximum Gasteiger partial charge on any atom is 0.319 e. The minimum absolute atomic E-state index is 0.240. The number of nitrogens with one attached hydrogen (secondary N) is 2. The standard InChI is InChI=1S/C17H24N6O2/c1-13-4-2-3-5-16(13)25-11-10-18-17(24)20-14-6-8-15(9-7-14)23-12-19-21-22-23/h6-9,12-13,16H,2-5,10-11H2,1H3,(H2,18,20,24)/t13-,16-/m1/s1. The van der Waals surface area contributed by atoms with Crippen molar-refractivity contribution in [2.75, 3.05) is 18.5 Å². The number of ether oxygens (including phenoxy) is 1. The number of aromatic nitrogens is 4. The van der Waals surface area contributed by atoms with Crippen LogP contribution in [-0.4, -0.2) is 45.5 Å². The SMILES string of the molecule is C[C@@H]1CCCC[C@H]1OCCNC(=O)Nc1ccc(-n2cnnn2)cc1. The highest BCUT2D eigenvalue weighted by Gasteiger charge is 2.21. The van der Waals surface area contributed by atoms with E-state index in [1.165, 1.54) is 25.6 Å². The van der Waals surface area contributed by atoms with Crippen molar-refractivity contribution < 1.29 is 9.53 Å². The first-order chi connectivity index (χ1) is 12.2. The van der Waals surface area contributed by atoms with Crippen LogP contribution in [0.2, 0.25) is 0 Å². The molecule has 0 unspecified atom stereocenters. The van der Waals surface area contributed by atoms with Crippen LogP contribution in [0.1, 0.15) is 32.6 Å². The first kappa shape index (κ1) is 17.3. The van der Waals surface area contributed by atoms with Crippen LogP contribution >= 0.6 is 0 Å². The topological polar surface area (TPSA) is 94.0 Å². The van der Waals surface area contributed by atoms with E-state index in [9.17, 15) is 4.79 Å². The lowest BCUT2D eigenvalue weighted by molar-refractivity contribution is -0.00232. The molecule has 8 nitrogen and oxygen atoms in total. The summed E-state index contributed by atoms with van der Waals surface area (Å²) in [5.41, 5.74) is 1.53. The highest BCUT2D eigenvalue weighted by Crippen LogP contribution is 2.25. The van der Waals surface area contributed by atoms with Gasteiger partial charge in [-0.25, -0.2) is 9.48 Å². The number of nitrogens with zero attached hydrogens (tertiary/aromatic N) is 4. The molecule has 0 saturated heterocycles. The molecule has 2 amide bonds. The molecule has 1 fully saturated rings. The summed E-state index contributed by atoms with van der Waals surface area (Å²) in [6.45, 7) is 3.28. The van der Waals surface area contributed by atoms with Crippen LogP contribution in [-0.2, 0) is 4.74 Å². The maximum absolute atomic E-state index is 11.9.